The van der Waals surface area contributed by atoms with Crippen molar-refractivity contribution in [1.82, 2.24) is 0 Å². The van der Waals surface area contributed by atoms with Crippen molar-refractivity contribution < 1.29 is 65.2 Å². The summed E-state index contributed by atoms with van der Waals surface area (Å²) in [6, 6.07) is 16.3. The van der Waals surface area contributed by atoms with Crippen LogP contribution in [0.3, 0.4) is 0 Å². The number of fused-ring (bicyclic) bond motifs is 2. The maximum absolute atomic E-state index is 11.5. The molecule has 2 heterocycles. The molecule has 0 saturated heterocycles. The first-order valence-corrected chi connectivity index (χ1v) is 20.2. The Hall–Kier alpha value is -2.51. The third kappa shape index (κ3) is 9.10. The summed E-state index contributed by atoms with van der Waals surface area (Å²) >= 11 is 0. The van der Waals surface area contributed by atoms with Crippen LogP contribution in [0.1, 0.15) is 83.8 Å². The summed E-state index contributed by atoms with van der Waals surface area (Å²) in [6.07, 6.45) is 12.1. The molecular weight excluding hydrogens is 684 g/mol. The topological polar surface area (TPSA) is 141 Å². The molecule has 0 amide bonds. The molecule has 2 aromatic carbocycles. The number of allylic oxidation sites excluding steroid dienone is 7. The molecular formula is C38H47N2NaO7S2. The van der Waals surface area contributed by atoms with Crippen LogP contribution in [-0.2, 0) is 31.1 Å². The van der Waals surface area contributed by atoms with Crippen molar-refractivity contribution in [3.8, 4) is 0 Å². The van der Waals surface area contributed by atoms with Gasteiger partial charge in [-0.05, 0) is 87.3 Å². The quantitative estimate of drug-likeness (QED) is 0.142. The maximum Gasteiger partial charge on any atom is 1.00 e. The van der Waals surface area contributed by atoms with Crippen LogP contribution in [0.15, 0.2) is 95.4 Å². The molecule has 0 unspecified atom stereocenters. The van der Waals surface area contributed by atoms with Gasteiger partial charge in [0.05, 0.1) is 25.7 Å². The number of aliphatic hydroxyl groups is 1. The van der Waals surface area contributed by atoms with Crippen molar-refractivity contribution in [2.45, 2.75) is 83.5 Å². The summed E-state index contributed by atoms with van der Waals surface area (Å²) < 4.78 is 69.3. The molecule has 0 atom stereocenters. The predicted molar refractivity (Wildman–Crippen MR) is 192 cm³/mol. The van der Waals surface area contributed by atoms with E-state index in [9.17, 15) is 31.0 Å². The van der Waals surface area contributed by atoms with Crippen LogP contribution in [0.2, 0.25) is 0 Å². The van der Waals surface area contributed by atoms with Gasteiger partial charge in [0.1, 0.15) is 12.3 Å². The van der Waals surface area contributed by atoms with Crippen LogP contribution in [0.5, 0.6) is 0 Å². The van der Waals surface area contributed by atoms with Crippen LogP contribution in [0.25, 0.3) is 0 Å². The van der Waals surface area contributed by atoms with Gasteiger partial charge in [0.15, 0.2) is 5.71 Å². The number of rotatable bonds is 13. The van der Waals surface area contributed by atoms with Crippen LogP contribution < -0.4 is 34.5 Å². The molecule has 1 aliphatic carbocycles. The van der Waals surface area contributed by atoms with Gasteiger partial charge in [0, 0.05) is 59.0 Å². The van der Waals surface area contributed by atoms with E-state index in [4.69, 9.17) is 0 Å². The fourth-order valence-electron chi connectivity index (χ4n) is 7.46. The minimum Gasteiger partial charge on any atom is -0.748 e. The van der Waals surface area contributed by atoms with Gasteiger partial charge < -0.3 is 19.1 Å². The van der Waals surface area contributed by atoms with E-state index >= 15 is 0 Å². The Morgan fingerprint density at radius 3 is 2.10 bits per heavy atom. The largest absolute Gasteiger partial charge is 1.00 e. The Bertz CT molecular complexity index is 1970. The molecule has 0 radical (unpaired) electrons. The Kier molecular flexibility index (Phi) is 12.9. The molecule has 3 aliphatic rings. The maximum atomic E-state index is 11.5. The number of nitrogens with zero attached hydrogens (tertiary/aromatic N) is 2. The van der Waals surface area contributed by atoms with Gasteiger partial charge in [0.2, 0.25) is 5.69 Å². The standard InChI is InChI=1S/C38H48N2O7S2.Na/c1-37(2)30-16-5-7-18-32(30)39(24-9-11-26-48(42,43)44)34(37)22-20-28-14-13-15-29(36(28)41)21-23-35-38(3,4)31-17-6-8-19-33(31)40(35)25-10-12-27-49(45,46)47;/h5-8,16-23H,9-15,24-27H2,1-4H3,(H2,42,43,44,45,46,47);/q;+1/p-1. The summed E-state index contributed by atoms with van der Waals surface area (Å²) in [5, 5.41) is 11.5. The summed E-state index contributed by atoms with van der Waals surface area (Å²) in [6.45, 7) is 9.78. The second-order valence-corrected chi connectivity index (χ2v) is 17.3. The molecule has 12 heteroatoms. The zero-order chi connectivity index (χ0) is 35.6. The van der Waals surface area contributed by atoms with Crippen LogP contribution in [0.4, 0.5) is 11.4 Å². The molecule has 9 nitrogen and oxygen atoms in total. The number of aliphatic hydroxyl groups excluding tert-OH is 1. The number of anilines is 1. The molecule has 0 bridgehead atoms. The zero-order valence-electron chi connectivity index (χ0n) is 29.8. The third-order valence-corrected chi connectivity index (χ3v) is 11.6. The Balaban J connectivity index is 0.00000562. The first kappa shape index (κ1) is 40.3. The smallest absolute Gasteiger partial charge is 0.748 e. The van der Waals surface area contributed by atoms with Crippen molar-refractivity contribution in [2.24, 2.45) is 0 Å². The number of hydrogen-bond acceptors (Lipinski definition) is 8. The number of unbranched alkanes of at least 4 members (excludes halogenated alkanes) is 2. The molecule has 5 rings (SSSR count). The Labute approximate surface area is 320 Å². The fraction of sp³-hybridized carbons (Fsp3) is 0.447. The minimum absolute atomic E-state index is 0. The van der Waals surface area contributed by atoms with Gasteiger partial charge in [-0.15, -0.1) is 0 Å². The van der Waals surface area contributed by atoms with E-state index in [1.54, 1.807) is 0 Å². The second kappa shape index (κ2) is 16.0. The first-order chi connectivity index (χ1) is 23.0. The van der Waals surface area contributed by atoms with Gasteiger partial charge in [-0.1, -0.05) is 56.3 Å². The van der Waals surface area contributed by atoms with Crippen molar-refractivity contribution in [3.05, 3.63) is 107 Å². The summed E-state index contributed by atoms with van der Waals surface area (Å²) in [7, 11) is -8.53. The van der Waals surface area contributed by atoms with Crippen molar-refractivity contribution in [3.63, 3.8) is 0 Å². The third-order valence-electron chi connectivity index (χ3n) is 10.0. The first-order valence-electron chi connectivity index (χ1n) is 17.0. The SMILES string of the molecule is CC1(C)C(=CC=C2CCCC(C=CC3=[N+](CCCCS(=O)(=O)[O-])c4ccccc4C3(C)C)=C2O)N(CCCCS(=O)(=O)[O-])c2ccccc21.[Na+]. The molecule has 0 fully saturated rings. The van der Waals surface area contributed by atoms with E-state index in [-0.39, 0.29) is 57.7 Å². The monoisotopic (exact) mass is 730 g/mol. The zero-order valence-corrected chi connectivity index (χ0v) is 33.4. The summed E-state index contributed by atoms with van der Waals surface area (Å²) in [5.74, 6) is -0.493. The molecule has 264 valence electrons. The van der Waals surface area contributed by atoms with Crippen LogP contribution in [0, 0.1) is 0 Å². The Morgan fingerprint density at radius 1 is 0.800 bits per heavy atom. The molecule has 2 aromatic rings. The van der Waals surface area contributed by atoms with E-state index < -0.39 is 20.2 Å². The molecule has 2 aliphatic heterocycles. The second-order valence-electron chi connectivity index (χ2n) is 14.2. The predicted octanol–water partition coefficient (Wildman–Crippen LogP) is 3.88. The number of benzene rings is 2. The van der Waals surface area contributed by atoms with Gasteiger partial charge in [-0.25, -0.2) is 16.8 Å². The average molecular weight is 731 g/mol. The van der Waals surface area contributed by atoms with Crippen molar-refractivity contribution in [1.29, 1.82) is 0 Å². The molecule has 0 aromatic heterocycles. The summed E-state index contributed by atoms with van der Waals surface area (Å²) in [5.41, 5.74) is 7.59. The van der Waals surface area contributed by atoms with Gasteiger partial charge >= 0.3 is 29.6 Å². The number of para-hydroxylation sites is 2. The van der Waals surface area contributed by atoms with Crippen molar-refractivity contribution >= 4 is 37.3 Å². The van der Waals surface area contributed by atoms with E-state index in [1.807, 2.05) is 36.4 Å². The summed E-state index contributed by atoms with van der Waals surface area (Å²) in [4.78, 5) is 2.20. The molecule has 0 saturated carbocycles. The van der Waals surface area contributed by atoms with Gasteiger partial charge in [0.25, 0.3) is 0 Å². The van der Waals surface area contributed by atoms with E-state index in [2.05, 4.69) is 73.6 Å². The number of hydrogen-bond donors (Lipinski definition) is 1. The van der Waals surface area contributed by atoms with Crippen LogP contribution in [-0.4, -0.2) is 65.9 Å². The normalized spacial score (nSPS) is 20.2. The van der Waals surface area contributed by atoms with E-state index in [0.717, 1.165) is 53.2 Å². The molecule has 50 heavy (non-hydrogen) atoms. The molecule has 0 spiro atoms. The minimum atomic E-state index is -4.26. The van der Waals surface area contributed by atoms with E-state index in [1.165, 1.54) is 11.1 Å². The van der Waals surface area contributed by atoms with Crippen LogP contribution >= 0.6 is 0 Å². The van der Waals surface area contributed by atoms with Gasteiger partial charge in [-0.2, -0.15) is 4.58 Å². The van der Waals surface area contributed by atoms with Crippen molar-refractivity contribution in [2.75, 3.05) is 29.5 Å². The van der Waals surface area contributed by atoms with E-state index in [0.29, 0.717) is 38.8 Å². The fourth-order valence-corrected chi connectivity index (χ4v) is 8.57. The van der Waals surface area contributed by atoms with Gasteiger partial charge in [-0.3, -0.25) is 0 Å². The molecule has 1 N–H and O–H groups in total. The Morgan fingerprint density at radius 2 is 1.42 bits per heavy atom. The average Bonchev–Trinajstić information content (AvgIpc) is 3.37.